The third kappa shape index (κ3) is 3.80. The molecule has 1 aliphatic rings. The summed E-state index contributed by atoms with van der Waals surface area (Å²) in [4.78, 5) is 21.7. The topological polar surface area (TPSA) is 41.4 Å². The van der Waals surface area contributed by atoms with Gasteiger partial charge in [0.25, 0.3) is 5.91 Å². The highest BCUT2D eigenvalue weighted by Gasteiger charge is 2.22. The highest BCUT2D eigenvalue weighted by atomic mass is 16.2. The lowest BCUT2D eigenvalue weighted by Crippen LogP contribution is -2.49. The average molecular weight is 377 g/mol. The van der Waals surface area contributed by atoms with Crippen LogP contribution < -0.4 is 0 Å². The second kappa shape index (κ2) is 8.15. The molecule has 1 aliphatic heterocycles. The summed E-state index contributed by atoms with van der Waals surface area (Å²) in [5.41, 5.74) is 4.37. The van der Waals surface area contributed by atoms with Crippen molar-refractivity contribution in [3.63, 3.8) is 0 Å². The van der Waals surface area contributed by atoms with Crippen molar-refractivity contribution in [3.05, 3.63) is 65.5 Å². The van der Waals surface area contributed by atoms with E-state index < -0.39 is 0 Å². The number of nitrogens with zero attached hydrogens (tertiary/aromatic N) is 4. The van der Waals surface area contributed by atoms with Crippen LogP contribution in [0.3, 0.4) is 0 Å². The van der Waals surface area contributed by atoms with Gasteiger partial charge in [-0.3, -0.25) is 9.69 Å². The van der Waals surface area contributed by atoms with Gasteiger partial charge in [0, 0.05) is 62.6 Å². The molecule has 1 amide bonds. The Morgan fingerprint density at radius 1 is 1.11 bits per heavy atom. The van der Waals surface area contributed by atoms with Gasteiger partial charge >= 0.3 is 0 Å². The Morgan fingerprint density at radius 3 is 2.68 bits per heavy atom. The van der Waals surface area contributed by atoms with Gasteiger partial charge in [0.15, 0.2) is 0 Å². The molecule has 5 nitrogen and oxygen atoms in total. The molecule has 3 heterocycles. The maximum Gasteiger partial charge on any atom is 0.253 e. The van der Waals surface area contributed by atoms with Crippen molar-refractivity contribution in [2.24, 2.45) is 0 Å². The van der Waals surface area contributed by atoms with Crippen molar-refractivity contribution in [1.82, 2.24) is 19.4 Å². The Labute approximate surface area is 166 Å². The third-order valence-electron chi connectivity index (χ3n) is 5.68. The third-order valence-corrected chi connectivity index (χ3v) is 5.68. The number of piperazine rings is 1. The largest absolute Gasteiger partial charge is 0.336 e. The van der Waals surface area contributed by atoms with Crippen molar-refractivity contribution < 1.29 is 4.79 Å². The lowest BCUT2D eigenvalue weighted by molar-refractivity contribution is 0.0638. The molecular weight excluding hydrogens is 348 g/mol. The first-order valence-electron chi connectivity index (χ1n) is 10.2. The van der Waals surface area contributed by atoms with Crippen LogP contribution in [0.5, 0.6) is 0 Å². The Bertz CT molecular complexity index is 970. The SMILES string of the molecule is CCn1cc(CCN2CCN(C(=O)c3cccc(C)c3)CC2)c2cccnc21. The van der Waals surface area contributed by atoms with Gasteiger partial charge in [-0.25, -0.2) is 4.98 Å². The molecule has 1 aromatic carbocycles. The van der Waals surface area contributed by atoms with E-state index in [0.717, 1.165) is 62.5 Å². The number of aromatic nitrogens is 2. The van der Waals surface area contributed by atoms with Gasteiger partial charge in [-0.15, -0.1) is 0 Å². The molecule has 1 saturated heterocycles. The minimum absolute atomic E-state index is 0.153. The minimum Gasteiger partial charge on any atom is -0.336 e. The molecule has 0 radical (unpaired) electrons. The van der Waals surface area contributed by atoms with Crippen molar-refractivity contribution in [3.8, 4) is 0 Å². The molecule has 2 aromatic heterocycles. The zero-order chi connectivity index (χ0) is 19.5. The standard InChI is InChI=1S/C23H28N4O/c1-3-26-17-20(21-8-5-10-24-22(21)26)9-11-25-12-14-27(15-13-25)23(28)19-7-4-6-18(2)16-19/h4-8,10,16-17H,3,9,11-15H2,1-2H3. The van der Waals surface area contributed by atoms with Crippen LogP contribution in [-0.2, 0) is 13.0 Å². The Kier molecular flexibility index (Phi) is 5.44. The number of carbonyl (C=O) groups excluding carboxylic acids is 1. The number of amides is 1. The van der Waals surface area contributed by atoms with Gasteiger partial charge in [0.1, 0.15) is 5.65 Å². The molecule has 4 rings (SSSR count). The van der Waals surface area contributed by atoms with E-state index in [1.165, 1.54) is 10.9 Å². The fourth-order valence-corrected chi connectivity index (χ4v) is 4.05. The summed E-state index contributed by atoms with van der Waals surface area (Å²) in [5.74, 6) is 0.153. The molecule has 0 N–H and O–H groups in total. The lowest BCUT2D eigenvalue weighted by Gasteiger charge is -2.34. The Hall–Kier alpha value is -2.66. The molecule has 5 heteroatoms. The summed E-state index contributed by atoms with van der Waals surface area (Å²) in [6.45, 7) is 9.60. The molecule has 0 atom stereocenters. The number of benzene rings is 1. The number of hydrogen-bond acceptors (Lipinski definition) is 3. The molecule has 3 aromatic rings. The summed E-state index contributed by atoms with van der Waals surface area (Å²) >= 11 is 0. The van der Waals surface area contributed by atoms with Gasteiger partial charge in [-0.2, -0.15) is 0 Å². The molecule has 0 unspecified atom stereocenters. The van der Waals surface area contributed by atoms with Crippen LogP contribution in [0.1, 0.15) is 28.4 Å². The quantitative estimate of drug-likeness (QED) is 0.686. The number of hydrogen-bond donors (Lipinski definition) is 0. The summed E-state index contributed by atoms with van der Waals surface area (Å²) in [7, 11) is 0. The molecular formula is C23H28N4O. The molecule has 0 aliphatic carbocycles. The lowest BCUT2D eigenvalue weighted by atomic mass is 10.1. The van der Waals surface area contributed by atoms with Crippen LogP contribution in [0.4, 0.5) is 0 Å². The number of fused-ring (bicyclic) bond motifs is 1. The first kappa shape index (κ1) is 18.7. The summed E-state index contributed by atoms with van der Waals surface area (Å²) in [6.07, 6.45) is 5.12. The molecule has 28 heavy (non-hydrogen) atoms. The van der Waals surface area contributed by atoms with Gasteiger partial charge in [-0.05, 0) is 50.1 Å². The summed E-state index contributed by atoms with van der Waals surface area (Å²) < 4.78 is 2.23. The second-order valence-electron chi connectivity index (χ2n) is 7.57. The maximum atomic E-state index is 12.7. The number of aryl methyl sites for hydroxylation is 2. The van der Waals surface area contributed by atoms with E-state index in [4.69, 9.17) is 0 Å². The van der Waals surface area contributed by atoms with Crippen LogP contribution in [0.2, 0.25) is 0 Å². The van der Waals surface area contributed by atoms with Crippen LogP contribution in [0, 0.1) is 6.92 Å². The summed E-state index contributed by atoms with van der Waals surface area (Å²) in [6, 6.07) is 12.1. The smallest absolute Gasteiger partial charge is 0.253 e. The van der Waals surface area contributed by atoms with Gasteiger partial charge < -0.3 is 9.47 Å². The molecule has 0 bridgehead atoms. The first-order valence-corrected chi connectivity index (χ1v) is 10.2. The normalized spacial score (nSPS) is 15.3. The van der Waals surface area contributed by atoms with Gasteiger partial charge in [0.05, 0.1) is 0 Å². The number of rotatable bonds is 5. The maximum absolute atomic E-state index is 12.7. The fourth-order valence-electron chi connectivity index (χ4n) is 4.05. The van der Waals surface area contributed by atoms with Gasteiger partial charge in [0.2, 0.25) is 0 Å². The van der Waals surface area contributed by atoms with E-state index in [1.807, 2.05) is 48.4 Å². The van der Waals surface area contributed by atoms with E-state index in [2.05, 4.69) is 33.6 Å². The zero-order valence-corrected chi connectivity index (χ0v) is 16.8. The predicted octanol–water partition coefficient (Wildman–Crippen LogP) is 3.37. The monoisotopic (exact) mass is 376 g/mol. The molecule has 1 fully saturated rings. The van der Waals surface area contributed by atoms with Crippen molar-refractivity contribution in [1.29, 1.82) is 0 Å². The fraction of sp³-hybridized carbons (Fsp3) is 0.391. The van der Waals surface area contributed by atoms with E-state index in [1.54, 1.807) is 0 Å². The number of pyridine rings is 1. The van der Waals surface area contributed by atoms with Crippen molar-refractivity contribution in [2.45, 2.75) is 26.8 Å². The van der Waals surface area contributed by atoms with Crippen LogP contribution in [-0.4, -0.2) is 58.0 Å². The van der Waals surface area contributed by atoms with E-state index in [-0.39, 0.29) is 5.91 Å². The predicted molar refractivity (Wildman–Crippen MR) is 113 cm³/mol. The molecule has 0 spiro atoms. The van der Waals surface area contributed by atoms with E-state index in [9.17, 15) is 4.79 Å². The highest BCUT2D eigenvalue weighted by molar-refractivity contribution is 5.94. The van der Waals surface area contributed by atoms with E-state index in [0.29, 0.717) is 0 Å². The Morgan fingerprint density at radius 2 is 1.93 bits per heavy atom. The van der Waals surface area contributed by atoms with E-state index >= 15 is 0 Å². The Balaban J connectivity index is 1.35. The number of carbonyl (C=O) groups is 1. The summed E-state index contributed by atoms with van der Waals surface area (Å²) in [5, 5.41) is 1.26. The molecule has 146 valence electrons. The highest BCUT2D eigenvalue weighted by Crippen LogP contribution is 2.20. The second-order valence-corrected chi connectivity index (χ2v) is 7.57. The van der Waals surface area contributed by atoms with Crippen molar-refractivity contribution in [2.75, 3.05) is 32.7 Å². The first-order chi connectivity index (χ1) is 13.7. The molecule has 0 saturated carbocycles. The zero-order valence-electron chi connectivity index (χ0n) is 16.8. The van der Waals surface area contributed by atoms with Crippen LogP contribution in [0.25, 0.3) is 11.0 Å². The minimum atomic E-state index is 0.153. The van der Waals surface area contributed by atoms with Crippen LogP contribution in [0.15, 0.2) is 48.8 Å². The average Bonchev–Trinajstić information content (AvgIpc) is 3.10. The van der Waals surface area contributed by atoms with Gasteiger partial charge in [-0.1, -0.05) is 17.7 Å². The van der Waals surface area contributed by atoms with Crippen molar-refractivity contribution >= 4 is 16.9 Å². The van der Waals surface area contributed by atoms with Crippen LogP contribution >= 0.6 is 0 Å².